The van der Waals surface area contributed by atoms with E-state index in [1.165, 1.54) is 0 Å². The molecule has 0 fully saturated rings. The molecule has 0 aromatic carbocycles. The number of hydrogen-bond donors (Lipinski definition) is 0. The van der Waals surface area contributed by atoms with Crippen molar-refractivity contribution in [2.24, 2.45) is 0 Å². The lowest BCUT2D eigenvalue weighted by Crippen LogP contribution is -2.31. The molecular formula is C15H24N2. The molecule has 1 aliphatic heterocycles. The Labute approximate surface area is 106 Å². The van der Waals surface area contributed by atoms with Crippen molar-refractivity contribution in [2.45, 2.75) is 20.8 Å². The van der Waals surface area contributed by atoms with E-state index in [-0.39, 0.29) is 0 Å². The maximum Gasteiger partial charge on any atom is 0.0602 e. The van der Waals surface area contributed by atoms with E-state index in [1.54, 1.807) is 6.08 Å². The molecule has 94 valence electrons. The van der Waals surface area contributed by atoms with E-state index in [0.717, 1.165) is 17.8 Å². The van der Waals surface area contributed by atoms with E-state index in [9.17, 15) is 0 Å². The van der Waals surface area contributed by atoms with Crippen LogP contribution >= 0.6 is 0 Å². The van der Waals surface area contributed by atoms with Gasteiger partial charge in [-0.3, -0.25) is 5.01 Å². The summed E-state index contributed by atoms with van der Waals surface area (Å²) in [6.07, 6.45) is 11.8. The van der Waals surface area contributed by atoms with Crippen LogP contribution in [0.3, 0.4) is 0 Å². The van der Waals surface area contributed by atoms with E-state index in [0.29, 0.717) is 0 Å². The highest BCUT2D eigenvalue weighted by atomic mass is 15.6. The highest BCUT2D eigenvalue weighted by molar-refractivity contribution is 5.40. The molecular weight excluding hydrogens is 208 g/mol. The lowest BCUT2D eigenvalue weighted by atomic mass is 10.1. The Morgan fingerprint density at radius 2 is 1.94 bits per heavy atom. The summed E-state index contributed by atoms with van der Waals surface area (Å²) in [5.74, 6) is 0. The molecule has 0 saturated carbocycles. The van der Waals surface area contributed by atoms with Crippen molar-refractivity contribution in [2.75, 3.05) is 13.6 Å². The van der Waals surface area contributed by atoms with E-state index in [2.05, 4.69) is 48.6 Å². The summed E-state index contributed by atoms with van der Waals surface area (Å²) in [6, 6.07) is 0. The number of hydrogen-bond acceptors (Lipinski definition) is 2. The average Bonchev–Trinajstić information content (AvgIpc) is 2.78. The normalized spacial score (nSPS) is 16.6. The second-order valence-corrected chi connectivity index (χ2v) is 3.31. The smallest absolute Gasteiger partial charge is 0.0602 e. The maximum absolute atomic E-state index is 3.82. The minimum atomic E-state index is 0.940. The largest absolute Gasteiger partial charge is 0.282 e. The lowest BCUT2D eigenvalue weighted by molar-refractivity contribution is 0.129. The number of rotatable bonds is 4. The fourth-order valence-electron chi connectivity index (χ4n) is 1.58. The summed E-state index contributed by atoms with van der Waals surface area (Å²) >= 11 is 0. The second kappa shape index (κ2) is 8.59. The van der Waals surface area contributed by atoms with Crippen molar-refractivity contribution >= 4 is 0 Å². The van der Waals surface area contributed by atoms with Crippen LogP contribution in [0, 0.1) is 0 Å². The predicted molar refractivity (Wildman–Crippen MR) is 77.2 cm³/mol. The van der Waals surface area contributed by atoms with Crippen LogP contribution in [-0.2, 0) is 0 Å². The fraction of sp³-hybridized carbons (Fsp3) is 0.333. The zero-order valence-corrected chi connectivity index (χ0v) is 11.5. The van der Waals surface area contributed by atoms with Crippen LogP contribution in [0.2, 0.25) is 0 Å². The third-order valence-electron chi connectivity index (χ3n) is 2.32. The average molecular weight is 232 g/mol. The van der Waals surface area contributed by atoms with Gasteiger partial charge in [-0.2, -0.15) is 0 Å². The minimum Gasteiger partial charge on any atom is -0.282 e. The highest BCUT2D eigenvalue weighted by Gasteiger charge is 2.16. The molecule has 1 aliphatic rings. The van der Waals surface area contributed by atoms with Gasteiger partial charge < -0.3 is 0 Å². The SMILES string of the molecule is C=C/C=C(C=C)\C(=C/C)N1C=CCN1C.CC. The molecule has 17 heavy (non-hydrogen) atoms. The van der Waals surface area contributed by atoms with Gasteiger partial charge in [-0.25, -0.2) is 5.01 Å². The summed E-state index contributed by atoms with van der Waals surface area (Å²) < 4.78 is 0. The Balaban J connectivity index is 0.00000121. The molecule has 0 aliphatic carbocycles. The fourth-order valence-corrected chi connectivity index (χ4v) is 1.58. The van der Waals surface area contributed by atoms with Crippen molar-refractivity contribution in [1.82, 2.24) is 10.0 Å². The quantitative estimate of drug-likeness (QED) is 0.678. The van der Waals surface area contributed by atoms with Crippen LogP contribution in [-0.4, -0.2) is 23.6 Å². The van der Waals surface area contributed by atoms with Crippen LogP contribution < -0.4 is 0 Å². The number of allylic oxidation sites excluding steroid dienone is 4. The van der Waals surface area contributed by atoms with Gasteiger partial charge in [0.25, 0.3) is 0 Å². The topological polar surface area (TPSA) is 6.48 Å². The van der Waals surface area contributed by atoms with Gasteiger partial charge in [0.05, 0.1) is 5.70 Å². The summed E-state index contributed by atoms with van der Waals surface area (Å²) in [5, 5.41) is 4.24. The molecule has 1 rings (SSSR count). The zero-order valence-electron chi connectivity index (χ0n) is 11.5. The van der Waals surface area contributed by atoms with Crippen molar-refractivity contribution in [3.63, 3.8) is 0 Å². The van der Waals surface area contributed by atoms with Gasteiger partial charge in [0.2, 0.25) is 0 Å². The van der Waals surface area contributed by atoms with Gasteiger partial charge in [-0.15, -0.1) is 0 Å². The molecule has 0 aromatic heterocycles. The van der Waals surface area contributed by atoms with Crippen LogP contribution in [0.5, 0.6) is 0 Å². The Morgan fingerprint density at radius 3 is 2.29 bits per heavy atom. The first-order chi connectivity index (χ1) is 8.24. The van der Waals surface area contributed by atoms with Gasteiger partial charge in [-0.1, -0.05) is 57.4 Å². The van der Waals surface area contributed by atoms with E-state index >= 15 is 0 Å². The first-order valence-electron chi connectivity index (χ1n) is 6.03. The monoisotopic (exact) mass is 232 g/mol. The summed E-state index contributed by atoms with van der Waals surface area (Å²) in [7, 11) is 2.05. The number of hydrazine groups is 1. The Kier molecular flexibility index (Phi) is 7.82. The first-order valence-corrected chi connectivity index (χ1v) is 6.03. The Bertz CT molecular complexity index is 335. The van der Waals surface area contributed by atoms with E-state index in [1.807, 2.05) is 32.9 Å². The van der Waals surface area contributed by atoms with Crippen molar-refractivity contribution in [1.29, 1.82) is 0 Å². The molecule has 0 unspecified atom stereocenters. The molecule has 0 atom stereocenters. The van der Waals surface area contributed by atoms with E-state index in [4.69, 9.17) is 0 Å². The molecule has 0 saturated heterocycles. The lowest BCUT2D eigenvalue weighted by Gasteiger charge is -2.28. The number of likely N-dealkylation sites (N-methyl/N-ethyl adjacent to an activating group) is 1. The summed E-state index contributed by atoms with van der Waals surface area (Å²) in [6.45, 7) is 14.5. The highest BCUT2D eigenvalue weighted by Crippen LogP contribution is 2.21. The van der Waals surface area contributed by atoms with Gasteiger partial charge >= 0.3 is 0 Å². The molecule has 0 radical (unpaired) electrons. The van der Waals surface area contributed by atoms with Crippen molar-refractivity contribution < 1.29 is 0 Å². The van der Waals surface area contributed by atoms with Crippen LogP contribution in [0.4, 0.5) is 0 Å². The summed E-state index contributed by atoms with van der Waals surface area (Å²) in [5.41, 5.74) is 2.20. The third kappa shape index (κ3) is 4.08. The molecule has 0 bridgehead atoms. The van der Waals surface area contributed by atoms with Gasteiger partial charge in [0.1, 0.15) is 0 Å². The number of nitrogens with zero attached hydrogens (tertiary/aromatic N) is 2. The van der Waals surface area contributed by atoms with Gasteiger partial charge in [0, 0.05) is 19.8 Å². The standard InChI is InChI=1S/C13H18N2.C2H6/c1-5-9-12(6-2)13(7-3)15-11-8-10-14(15)4;1-2/h5-9,11H,1-2,10H2,3-4H3;1-2H3/b12-9-,13-7+;. The minimum absolute atomic E-state index is 0.940. The molecule has 0 spiro atoms. The van der Waals surface area contributed by atoms with Crippen molar-refractivity contribution in [3.8, 4) is 0 Å². The van der Waals surface area contributed by atoms with Crippen LogP contribution in [0.25, 0.3) is 0 Å². The predicted octanol–water partition coefficient (Wildman–Crippen LogP) is 3.89. The Hall–Kier alpha value is -1.54. The molecule has 1 heterocycles. The molecule has 0 aromatic rings. The maximum atomic E-state index is 3.82. The van der Waals surface area contributed by atoms with Crippen LogP contribution in [0.15, 0.2) is 61.0 Å². The van der Waals surface area contributed by atoms with Crippen molar-refractivity contribution in [3.05, 3.63) is 61.0 Å². The molecule has 0 amide bonds. The third-order valence-corrected chi connectivity index (χ3v) is 2.32. The molecule has 0 N–H and O–H groups in total. The zero-order chi connectivity index (χ0) is 13.3. The summed E-state index contributed by atoms with van der Waals surface area (Å²) in [4.78, 5) is 0. The van der Waals surface area contributed by atoms with Gasteiger partial charge in [-0.05, 0) is 12.5 Å². The molecule has 2 nitrogen and oxygen atoms in total. The Morgan fingerprint density at radius 1 is 1.29 bits per heavy atom. The van der Waals surface area contributed by atoms with E-state index < -0.39 is 0 Å². The van der Waals surface area contributed by atoms with Crippen LogP contribution in [0.1, 0.15) is 20.8 Å². The van der Waals surface area contributed by atoms with Gasteiger partial charge in [0.15, 0.2) is 0 Å². The molecule has 2 heteroatoms. The second-order valence-electron chi connectivity index (χ2n) is 3.31. The first kappa shape index (κ1) is 15.5.